The molecule has 164 valence electrons. The van der Waals surface area contributed by atoms with Crippen molar-refractivity contribution in [2.24, 2.45) is 51.2 Å². The SMILES string of the molecule is CCOC12CC3C4CC5(OC(O)C(CC(C)(C)C)C(C)(C)C)C6CCC45C3C61C2. The van der Waals surface area contributed by atoms with E-state index in [0.29, 0.717) is 16.7 Å². The van der Waals surface area contributed by atoms with Gasteiger partial charge in [-0.05, 0) is 80.0 Å². The van der Waals surface area contributed by atoms with Crippen LogP contribution in [-0.2, 0) is 9.47 Å². The maximum absolute atomic E-state index is 11.5. The second kappa shape index (κ2) is 5.09. The lowest BCUT2D eigenvalue weighted by molar-refractivity contribution is -0.356. The monoisotopic (exact) mass is 402 g/mol. The van der Waals surface area contributed by atoms with Gasteiger partial charge in [-0.3, -0.25) is 0 Å². The largest absolute Gasteiger partial charge is 0.375 e. The van der Waals surface area contributed by atoms with Crippen molar-refractivity contribution in [1.29, 1.82) is 0 Å². The molecule has 10 unspecified atom stereocenters. The Morgan fingerprint density at radius 2 is 1.79 bits per heavy atom. The van der Waals surface area contributed by atoms with Gasteiger partial charge >= 0.3 is 0 Å². The van der Waals surface area contributed by atoms with E-state index in [9.17, 15) is 5.11 Å². The Morgan fingerprint density at radius 1 is 1.07 bits per heavy atom. The topological polar surface area (TPSA) is 38.7 Å². The Morgan fingerprint density at radius 3 is 2.41 bits per heavy atom. The van der Waals surface area contributed by atoms with Gasteiger partial charge in [0.15, 0.2) is 6.29 Å². The van der Waals surface area contributed by atoms with Gasteiger partial charge in [0.05, 0.1) is 11.2 Å². The maximum Gasteiger partial charge on any atom is 0.158 e. The van der Waals surface area contributed by atoms with Gasteiger partial charge in [-0.2, -0.15) is 0 Å². The number of aliphatic hydroxyl groups excluding tert-OH is 1. The highest BCUT2D eigenvalue weighted by molar-refractivity contribution is 5.51. The summed E-state index contributed by atoms with van der Waals surface area (Å²) in [5.74, 6) is 3.37. The fourth-order valence-corrected chi connectivity index (χ4v) is 10.5. The fraction of sp³-hybridized carbons (Fsp3) is 1.00. The Hall–Kier alpha value is -0.120. The third-order valence-corrected chi connectivity index (χ3v) is 11.0. The number of fused-ring (bicyclic) bond motifs is 1. The van der Waals surface area contributed by atoms with Crippen LogP contribution >= 0.6 is 0 Å². The van der Waals surface area contributed by atoms with Crippen molar-refractivity contribution >= 4 is 0 Å². The summed E-state index contributed by atoms with van der Waals surface area (Å²) in [6.07, 6.45) is 6.81. The molecule has 3 heteroatoms. The molecule has 10 atom stereocenters. The number of hydrogen-bond acceptors (Lipinski definition) is 3. The van der Waals surface area contributed by atoms with Crippen LogP contribution in [0, 0.1) is 51.2 Å². The summed E-state index contributed by atoms with van der Waals surface area (Å²) < 4.78 is 13.5. The standard InChI is InChI=1S/C26H42O3/c1-8-28-23-11-15-16-13-26(18-9-10-24(16,26)19(15)25(18,23)14-23)29-20(27)17(22(5,6)7)12-21(2,3)4/h15-20,27H,8-14H2,1-7H3. The fourth-order valence-electron chi connectivity index (χ4n) is 10.5. The summed E-state index contributed by atoms with van der Waals surface area (Å²) in [7, 11) is 0. The van der Waals surface area contributed by atoms with Crippen LogP contribution in [-0.4, -0.2) is 29.2 Å². The molecule has 0 amide bonds. The molecule has 0 aromatic carbocycles. The zero-order valence-electron chi connectivity index (χ0n) is 19.7. The van der Waals surface area contributed by atoms with Gasteiger partial charge in [-0.1, -0.05) is 41.5 Å². The van der Waals surface area contributed by atoms with Crippen LogP contribution in [0.2, 0.25) is 0 Å². The summed E-state index contributed by atoms with van der Waals surface area (Å²) in [5, 5.41) is 11.5. The minimum atomic E-state index is -0.651. The van der Waals surface area contributed by atoms with Crippen molar-refractivity contribution in [3.63, 3.8) is 0 Å². The second-order valence-electron chi connectivity index (χ2n) is 14.1. The van der Waals surface area contributed by atoms with Crippen molar-refractivity contribution in [3.8, 4) is 0 Å². The van der Waals surface area contributed by atoms with Gasteiger partial charge in [0.1, 0.15) is 0 Å². The molecule has 0 radical (unpaired) electrons. The highest BCUT2D eigenvalue weighted by Gasteiger charge is 3.02. The molecule has 0 aromatic heterocycles. The Balaban J connectivity index is 1.32. The molecule has 6 rings (SSSR count). The predicted octanol–water partition coefficient (Wildman–Crippen LogP) is 5.40. The van der Waals surface area contributed by atoms with Crippen molar-refractivity contribution in [2.45, 2.75) is 104 Å². The number of hydrogen-bond donors (Lipinski definition) is 1. The van der Waals surface area contributed by atoms with Gasteiger partial charge in [-0.25, -0.2) is 0 Å². The third-order valence-electron chi connectivity index (χ3n) is 11.0. The Kier molecular flexibility index (Phi) is 3.44. The molecule has 2 bridgehead atoms. The van der Waals surface area contributed by atoms with Crippen LogP contribution in [0.25, 0.3) is 0 Å². The van der Waals surface area contributed by atoms with Crippen LogP contribution in [0.1, 0.15) is 87.0 Å². The van der Waals surface area contributed by atoms with E-state index in [1.807, 2.05) is 0 Å². The number of rotatable bonds is 6. The first-order valence-corrected chi connectivity index (χ1v) is 12.4. The number of ether oxygens (including phenoxy) is 2. The average Bonchev–Trinajstić information content (AvgIpc) is 2.94. The summed E-state index contributed by atoms with van der Waals surface area (Å²) in [4.78, 5) is 0. The molecule has 1 N–H and O–H groups in total. The van der Waals surface area contributed by atoms with Crippen molar-refractivity contribution < 1.29 is 14.6 Å². The summed E-state index contributed by atoms with van der Waals surface area (Å²) >= 11 is 0. The van der Waals surface area contributed by atoms with Crippen LogP contribution in [0.5, 0.6) is 0 Å². The highest BCUT2D eigenvalue weighted by Crippen LogP contribution is 3.01. The van der Waals surface area contributed by atoms with E-state index in [0.717, 1.165) is 30.8 Å². The van der Waals surface area contributed by atoms with Crippen LogP contribution in [0.4, 0.5) is 0 Å². The third kappa shape index (κ3) is 1.87. The van der Waals surface area contributed by atoms with E-state index in [-0.39, 0.29) is 27.9 Å². The highest BCUT2D eigenvalue weighted by atomic mass is 16.6. The minimum Gasteiger partial charge on any atom is -0.375 e. The second-order valence-corrected chi connectivity index (χ2v) is 14.1. The molecule has 0 aromatic rings. The Labute approximate surface area is 177 Å². The van der Waals surface area contributed by atoms with Crippen molar-refractivity contribution in [3.05, 3.63) is 0 Å². The van der Waals surface area contributed by atoms with E-state index in [4.69, 9.17) is 9.47 Å². The molecular formula is C26H42O3. The first-order chi connectivity index (χ1) is 13.4. The average molecular weight is 403 g/mol. The normalized spacial score (nSPS) is 55.0. The van der Waals surface area contributed by atoms with E-state index >= 15 is 0 Å². The lowest BCUT2D eigenvalue weighted by Crippen LogP contribution is -2.73. The van der Waals surface area contributed by atoms with E-state index in [1.54, 1.807) is 0 Å². The maximum atomic E-state index is 11.5. The molecule has 6 aliphatic rings. The molecule has 6 aliphatic carbocycles. The first kappa shape index (κ1) is 19.6. The van der Waals surface area contributed by atoms with Gasteiger partial charge in [-0.15, -0.1) is 0 Å². The molecule has 2 spiro atoms. The Bertz CT molecular complexity index is 748. The van der Waals surface area contributed by atoms with Gasteiger partial charge in [0.25, 0.3) is 0 Å². The lowest BCUT2D eigenvalue weighted by Gasteiger charge is -2.72. The molecule has 0 heterocycles. The molecular weight excluding hydrogens is 360 g/mol. The zero-order valence-corrected chi connectivity index (χ0v) is 19.7. The molecule has 3 nitrogen and oxygen atoms in total. The quantitative estimate of drug-likeness (QED) is 0.604. The molecule has 0 saturated heterocycles. The van der Waals surface area contributed by atoms with E-state index < -0.39 is 6.29 Å². The molecule has 29 heavy (non-hydrogen) atoms. The summed E-state index contributed by atoms with van der Waals surface area (Å²) in [6, 6.07) is 0. The van der Waals surface area contributed by atoms with Crippen molar-refractivity contribution in [1.82, 2.24) is 0 Å². The smallest absolute Gasteiger partial charge is 0.158 e. The molecule has 6 fully saturated rings. The van der Waals surface area contributed by atoms with Gasteiger partial charge in [0, 0.05) is 23.4 Å². The summed E-state index contributed by atoms with van der Waals surface area (Å²) in [5.41, 5.74) is 1.15. The predicted molar refractivity (Wildman–Crippen MR) is 113 cm³/mol. The van der Waals surface area contributed by atoms with Gasteiger partial charge < -0.3 is 14.6 Å². The van der Waals surface area contributed by atoms with Crippen molar-refractivity contribution in [2.75, 3.05) is 6.61 Å². The number of aliphatic hydroxyl groups is 1. The molecule has 6 saturated carbocycles. The first-order valence-electron chi connectivity index (χ1n) is 12.4. The van der Waals surface area contributed by atoms with E-state index in [1.165, 1.54) is 32.1 Å². The van der Waals surface area contributed by atoms with E-state index in [2.05, 4.69) is 48.5 Å². The van der Waals surface area contributed by atoms with Crippen LogP contribution in [0.3, 0.4) is 0 Å². The minimum absolute atomic E-state index is 0.0345. The van der Waals surface area contributed by atoms with Crippen LogP contribution < -0.4 is 0 Å². The van der Waals surface area contributed by atoms with Gasteiger partial charge in [0.2, 0.25) is 0 Å². The van der Waals surface area contributed by atoms with Crippen LogP contribution in [0.15, 0.2) is 0 Å². The molecule has 0 aliphatic heterocycles. The zero-order chi connectivity index (χ0) is 20.8. The summed E-state index contributed by atoms with van der Waals surface area (Å²) in [6.45, 7) is 16.7. The lowest BCUT2D eigenvalue weighted by atomic mass is 9.34.